The molecule has 2 aliphatic rings. The van der Waals surface area contributed by atoms with Crippen molar-refractivity contribution in [3.63, 3.8) is 0 Å². The fourth-order valence-corrected chi connectivity index (χ4v) is 3.35. The first-order chi connectivity index (χ1) is 9.80. The van der Waals surface area contributed by atoms with E-state index in [1.807, 2.05) is 0 Å². The van der Waals surface area contributed by atoms with Gasteiger partial charge in [-0.15, -0.1) is 0 Å². The molecule has 0 N–H and O–H groups in total. The van der Waals surface area contributed by atoms with Gasteiger partial charge in [0.1, 0.15) is 0 Å². The maximum Gasteiger partial charge on any atom is 0.471 e. The van der Waals surface area contributed by atoms with Gasteiger partial charge in [-0.2, -0.15) is 13.2 Å². The van der Waals surface area contributed by atoms with Gasteiger partial charge in [0.05, 0.1) is 0 Å². The van der Waals surface area contributed by atoms with Crippen molar-refractivity contribution in [2.45, 2.75) is 50.4 Å². The van der Waals surface area contributed by atoms with Gasteiger partial charge in [0.15, 0.2) is 0 Å². The summed E-state index contributed by atoms with van der Waals surface area (Å²) in [6.07, 6.45) is -3.11. The molecule has 1 heterocycles. The Balaban J connectivity index is 2.16. The fourth-order valence-electron chi connectivity index (χ4n) is 3.16. The van der Waals surface area contributed by atoms with Crippen LogP contribution >= 0.6 is 11.6 Å². The summed E-state index contributed by atoms with van der Waals surface area (Å²) in [7, 11) is 0. The molecule has 8 heteroatoms. The van der Waals surface area contributed by atoms with E-state index in [-0.39, 0.29) is 6.42 Å². The number of rotatable bonds is 3. The molecule has 0 bridgehead atoms. The van der Waals surface area contributed by atoms with E-state index in [4.69, 9.17) is 16.3 Å². The number of carbonyl (C=O) groups is 2. The standard InChI is InChI=1S/C13H17ClF3NO3/c14-11(19)8-1-2-10(7-8)18(12(20)13(15,16)17)9-3-5-21-6-4-9/h8-10H,1-7H2/t8-,10+/m0/s1. The summed E-state index contributed by atoms with van der Waals surface area (Å²) < 4.78 is 43.7. The SMILES string of the molecule is O=C(Cl)[C@H]1CC[C@@H](N(C(=O)C(F)(F)F)C2CCOCC2)C1. The van der Waals surface area contributed by atoms with E-state index in [2.05, 4.69) is 0 Å². The molecular formula is C13H17ClF3NO3. The smallest absolute Gasteiger partial charge is 0.381 e. The lowest BCUT2D eigenvalue weighted by molar-refractivity contribution is -0.192. The van der Waals surface area contributed by atoms with Gasteiger partial charge in [-0.1, -0.05) is 0 Å². The predicted octanol–water partition coefficient (Wildman–Crippen LogP) is 2.49. The zero-order valence-corrected chi connectivity index (χ0v) is 12.1. The average Bonchev–Trinajstić information content (AvgIpc) is 2.89. The van der Waals surface area contributed by atoms with Crippen molar-refractivity contribution >= 4 is 22.8 Å². The number of alkyl halides is 3. The minimum atomic E-state index is -4.90. The second-order valence-electron chi connectivity index (χ2n) is 5.52. The van der Waals surface area contributed by atoms with E-state index in [1.165, 1.54) is 0 Å². The Kier molecular flexibility index (Phi) is 5.14. The number of hydrogen-bond acceptors (Lipinski definition) is 3. The number of ether oxygens (including phenoxy) is 1. The highest BCUT2D eigenvalue weighted by Gasteiger charge is 2.48. The average molecular weight is 328 g/mol. The third-order valence-electron chi connectivity index (χ3n) is 4.18. The molecule has 0 aromatic heterocycles. The first-order valence-corrected chi connectivity index (χ1v) is 7.35. The second-order valence-corrected chi connectivity index (χ2v) is 5.89. The topological polar surface area (TPSA) is 46.6 Å². The van der Waals surface area contributed by atoms with Crippen LogP contribution in [0.3, 0.4) is 0 Å². The van der Waals surface area contributed by atoms with Crippen LogP contribution in [0.25, 0.3) is 0 Å². The van der Waals surface area contributed by atoms with Crippen molar-refractivity contribution in [1.82, 2.24) is 4.90 Å². The van der Waals surface area contributed by atoms with Crippen LogP contribution in [0.4, 0.5) is 13.2 Å². The van der Waals surface area contributed by atoms with Crippen molar-refractivity contribution < 1.29 is 27.5 Å². The summed E-state index contributed by atoms with van der Waals surface area (Å²) >= 11 is 5.42. The Morgan fingerprint density at radius 2 is 1.67 bits per heavy atom. The van der Waals surface area contributed by atoms with Gasteiger partial charge in [-0.25, -0.2) is 0 Å². The molecule has 0 aromatic carbocycles. The summed E-state index contributed by atoms with van der Waals surface area (Å²) in [5.74, 6) is -2.28. The lowest BCUT2D eigenvalue weighted by Gasteiger charge is -2.38. The van der Waals surface area contributed by atoms with Crippen molar-refractivity contribution in [2.75, 3.05) is 13.2 Å². The van der Waals surface area contributed by atoms with E-state index < -0.39 is 35.3 Å². The van der Waals surface area contributed by atoms with E-state index in [1.54, 1.807) is 0 Å². The molecule has 2 atom stereocenters. The number of carbonyl (C=O) groups excluding carboxylic acids is 2. The Bertz CT molecular complexity index is 410. The summed E-state index contributed by atoms with van der Waals surface area (Å²) in [6.45, 7) is 0.688. The van der Waals surface area contributed by atoms with Crippen LogP contribution in [-0.4, -0.2) is 47.5 Å². The van der Waals surface area contributed by atoms with E-state index in [9.17, 15) is 22.8 Å². The van der Waals surface area contributed by atoms with E-state index in [0.29, 0.717) is 38.9 Å². The third-order valence-corrected chi connectivity index (χ3v) is 4.49. The van der Waals surface area contributed by atoms with Gasteiger partial charge in [-0.05, 0) is 43.7 Å². The lowest BCUT2D eigenvalue weighted by atomic mass is 10.0. The molecule has 21 heavy (non-hydrogen) atoms. The highest BCUT2D eigenvalue weighted by atomic mass is 35.5. The molecule has 0 unspecified atom stereocenters. The van der Waals surface area contributed by atoms with Crippen molar-refractivity contribution in [1.29, 1.82) is 0 Å². The number of halogens is 4. The quantitative estimate of drug-likeness (QED) is 0.748. The first kappa shape index (κ1) is 16.5. The maximum atomic E-state index is 12.8. The summed E-state index contributed by atoms with van der Waals surface area (Å²) in [5, 5.41) is -0.538. The minimum absolute atomic E-state index is 0.210. The molecule has 0 radical (unpaired) electrons. The highest BCUT2D eigenvalue weighted by Crippen LogP contribution is 2.35. The molecular weight excluding hydrogens is 311 g/mol. The van der Waals surface area contributed by atoms with Gasteiger partial charge >= 0.3 is 12.1 Å². The molecule has 120 valence electrons. The van der Waals surface area contributed by atoms with Crippen molar-refractivity contribution in [3.8, 4) is 0 Å². The summed E-state index contributed by atoms with van der Waals surface area (Å²) in [5.41, 5.74) is 0. The maximum absolute atomic E-state index is 12.8. The monoisotopic (exact) mass is 327 g/mol. The van der Waals surface area contributed by atoms with Crippen molar-refractivity contribution in [2.24, 2.45) is 5.92 Å². The van der Waals surface area contributed by atoms with Crippen LogP contribution < -0.4 is 0 Å². The van der Waals surface area contributed by atoms with E-state index >= 15 is 0 Å². The van der Waals surface area contributed by atoms with Crippen molar-refractivity contribution in [3.05, 3.63) is 0 Å². The predicted molar refractivity (Wildman–Crippen MR) is 68.7 cm³/mol. The Morgan fingerprint density at radius 3 is 2.14 bits per heavy atom. The van der Waals surface area contributed by atoms with Crippen LogP contribution in [-0.2, 0) is 14.3 Å². The number of nitrogens with zero attached hydrogens (tertiary/aromatic N) is 1. The fraction of sp³-hybridized carbons (Fsp3) is 0.846. The third kappa shape index (κ3) is 3.88. The summed E-state index contributed by atoms with van der Waals surface area (Å²) in [6, 6.07) is -1.06. The van der Waals surface area contributed by atoms with Crippen LogP contribution in [0.5, 0.6) is 0 Å². The van der Waals surface area contributed by atoms with Gasteiger partial charge in [0.2, 0.25) is 5.24 Å². The van der Waals surface area contributed by atoms with E-state index in [0.717, 1.165) is 4.90 Å². The van der Waals surface area contributed by atoms with Crippen LogP contribution in [0.2, 0.25) is 0 Å². The van der Waals surface area contributed by atoms with Gasteiger partial charge in [0.25, 0.3) is 0 Å². The first-order valence-electron chi connectivity index (χ1n) is 6.97. The molecule has 1 saturated heterocycles. The van der Waals surface area contributed by atoms with Crippen LogP contribution in [0.1, 0.15) is 32.1 Å². The van der Waals surface area contributed by atoms with Crippen LogP contribution in [0, 0.1) is 5.92 Å². The molecule has 4 nitrogen and oxygen atoms in total. The molecule has 2 fully saturated rings. The van der Waals surface area contributed by atoms with Crippen LogP contribution in [0.15, 0.2) is 0 Å². The molecule has 1 aliphatic heterocycles. The second kappa shape index (κ2) is 6.52. The number of hydrogen-bond donors (Lipinski definition) is 0. The molecule has 1 amide bonds. The Labute approximate surface area is 125 Å². The lowest BCUT2D eigenvalue weighted by Crippen LogP contribution is -2.53. The summed E-state index contributed by atoms with van der Waals surface area (Å²) in [4.78, 5) is 23.9. The zero-order chi connectivity index (χ0) is 15.6. The highest BCUT2D eigenvalue weighted by molar-refractivity contribution is 6.64. The normalized spacial score (nSPS) is 27.6. The molecule has 0 spiro atoms. The number of amides is 1. The Hall–Kier alpha value is -0.820. The Morgan fingerprint density at radius 1 is 1.05 bits per heavy atom. The molecule has 1 saturated carbocycles. The molecule has 1 aliphatic carbocycles. The molecule has 2 rings (SSSR count). The van der Waals surface area contributed by atoms with Gasteiger partial charge < -0.3 is 9.64 Å². The minimum Gasteiger partial charge on any atom is -0.381 e. The van der Waals surface area contributed by atoms with Gasteiger partial charge in [0, 0.05) is 31.2 Å². The van der Waals surface area contributed by atoms with Gasteiger partial charge in [-0.3, -0.25) is 9.59 Å². The largest absolute Gasteiger partial charge is 0.471 e. The zero-order valence-electron chi connectivity index (χ0n) is 11.4. The molecule has 0 aromatic rings.